The third-order valence-electron chi connectivity index (χ3n) is 5.24. The third-order valence-corrected chi connectivity index (χ3v) is 5.73. The number of aryl methyl sites for hydroxylation is 2. The van der Waals surface area contributed by atoms with Crippen LogP contribution < -0.4 is 5.32 Å². The molecule has 4 rings (SSSR count). The Balaban J connectivity index is 1.68. The minimum absolute atomic E-state index is 0.144. The van der Waals surface area contributed by atoms with Crippen molar-refractivity contribution in [3.63, 3.8) is 0 Å². The van der Waals surface area contributed by atoms with Gasteiger partial charge >= 0.3 is 0 Å². The minimum Gasteiger partial charge on any atom is -0.378 e. The summed E-state index contributed by atoms with van der Waals surface area (Å²) in [5, 5.41) is 12.3. The van der Waals surface area contributed by atoms with Crippen molar-refractivity contribution >= 4 is 27.4 Å². The second-order valence-corrected chi connectivity index (χ2v) is 8.15. The van der Waals surface area contributed by atoms with Crippen LogP contribution in [0.1, 0.15) is 42.6 Å². The summed E-state index contributed by atoms with van der Waals surface area (Å²) in [4.78, 5) is 11.8. The van der Waals surface area contributed by atoms with Gasteiger partial charge in [0.25, 0.3) is 0 Å². The van der Waals surface area contributed by atoms with E-state index < -0.39 is 0 Å². The Morgan fingerprint density at radius 3 is 2.96 bits per heavy atom. The molecule has 6 heteroatoms. The molecule has 0 aliphatic carbocycles. The number of hydrogen-bond donors (Lipinski definition) is 1. The van der Waals surface area contributed by atoms with Crippen molar-refractivity contribution in [1.82, 2.24) is 15.0 Å². The van der Waals surface area contributed by atoms with Gasteiger partial charge in [0, 0.05) is 35.1 Å². The Morgan fingerprint density at radius 1 is 1.29 bits per heavy atom. The molecule has 0 bridgehead atoms. The van der Waals surface area contributed by atoms with Crippen molar-refractivity contribution in [2.24, 2.45) is 0 Å². The molecule has 1 atom stereocenters. The van der Waals surface area contributed by atoms with Crippen LogP contribution in [0.2, 0.25) is 0 Å². The molecule has 0 saturated heterocycles. The number of carbonyl (C=O) groups excluding carboxylic acids is 1. The van der Waals surface area contributed by atoms with Gasteiger partial charge in [-0.15, -0.1) is 5.10 Å². The Kier molecular flexibility index (Phi) is 5.31. The fraction of sp³-hybridized carbons (Fsp3) is 0.318. The Labute approximate surface area is 173 Å². The highest BCUT2D eigenvalue weighted by Crippen LogP contribution is 2.38. The molecular weight excluding hydrogens is 416 g/mol. The number of anilines is 1. The SMILES string of the molecule is CCC(=O)Cc1cccc(NC2CCn3nnc(C)c3-c3ccc(Br)cc32)c1. The number of carbonyl (C=O) groups is 1. The van der Waals surface area contributed by atoms with Gasteiger partial charge in [-0.3, -0.25) is 4.79 Å². The zero-order valence-corrected chi connectivity index (χ0v) is 17.7. The van der Waals surface area contributed by atoms with Crippen LogP contribution in [-0.4, -0.2) is 20.8 Å². The van der Waals surface area contributed by atoms with Gasteiger partial charge in [-0.25, -0.2) is 4.68 Å². The van der Waals surface area contributed by atoms with Crippen molar-refractivity contribution in [3.8, 4) is 11.3 Å². The first kappa shape index (κ1) is 18.9. The number of aromatic nitrogens is 3. The number of benzene rings is 2. The fourth-order valence-corrected chi connectivity index (χ4v) is 4.19. The minimum atomic E-state index is 0.144. The highest BCUT2D eigenvalue weighted by molar-refractivity contribution is 9.10. The molecule has 1 aromatic heterocycles. The van der Waals surface area contributed by atoms with Gasteiger partial charge in [-0.05, 0) is 48.7 Å². The number of halogens is 1. The maximum atomic E-state index is 11.8. The monoisotopic (exact) mass is 438 g/mol. The molecule has 1 N–H and O–H groups in total. The molecule has 2 heterocycles. The van der Waals surface area contributed by atoms with Crippen LogP contribution in [-0.2, 0) is 17.8 Å². The second-order valence-electron chi connectivity index (χ2n) is 7.23. The number of hydrogen-bond acceptors (Lipinski definition) is 4. The zero-order valence-electron chi connectivity index (χ0n) is 16.1. The molecule has 0 amide bonds. The summed E-state index contributed by atoms with van der Waals surface area (Å²) in [6.45, 7) is 4.71. The van der Waals surface area contributed by atoms with E-state index in [1.807, 2.05) is 30.7 Å². The Bertz CT molecular complexity index is 1030. The topological polar surface area (TPSA) is 59.8 Å². The average Bonchev–Trinajstić information content (AvgIpc) is 2.98. The van der Waals surface area contributed by atoms with Crippen molar-refractivity contribution in [2.45, 2.75) is 45.7 Å². The molecule has 1 unspecified atom stereocenters. The van der Waals surface area contributed by atoms with E-state index in [9.17, 15) is 4.79 Å². The highest BCUT2D eigenvalue weighted by Gasteiger charge is 2.25. The van der Waals surface area contributed by atoms with E-state index in [-0.39, 0.29) is 11.8 Å². The number of nitrogens with one attached hydrogen (secondary N) is 1. The largest absolute Gasteiger partial charge is 0.378 e. The predicted octanol–water partition coefficient (Wildman–Crippen LogP) is 5.09. The van der Waals surface area contributed by atoms with Crippen LogP contribution in [0.25, 0.3) is 11.3 Å². The molecule has 0 saturated carbocycles. The van der Waals surface area contributed by atoms with Crippen molar-refractivity contribution in [2.75, 3.05) is 5.32 Å². The molecule has 1 aliphatic rings. The summed E-state index contributed by atoms with van der Waals surface area (Å²) in [5.41, 5.74) is 6.52. The van der Waals surface area contributed by atoms with Crippen LogP contribution in [0.3, 0.4) is 0 Å². The predicted molar refractivity (Wildman–Crippen MR) is 114 cm³/mol. The summed E-state index contributed by atoms with van der Waals surface area (Å²) < 4.78 is 3.05. The summed E-state index contributed by atoms with van der Waals surface area (Å²) in [6.07, 6.45) is 1.96. The number of ketones is 1. The van der Waals surface area contributed by atoms with Gasteiger partial charge in [0.2, 0.25) is 0 Å². The number of Topliss-reactive ketones (excluding diaryl/α,β-unsaturated/α-hetero) is 1. The van der Waals surface area contributed by atoms with Crippen LogP contribution in [0, 0.1) is 6.92 Å². The summed E-state index contributed by atoms with van der Waals surface area (Å²) in [6, 6.07) is 14.7. The first-order chi connectivity index (χ1) is 13.5. The molecule has 144 valence electrons. The molecule has 1 aliphatic heterocycles. The smallest absolute Gasteiger partial charge is 0.136 e. The first-order valence-corrected chi connectivity index (χ1v) is 10.4. The van der Waals surface area contributed by atoms with E-state index in [0.717, 1.165) is 45.6 Å². The molecule has 0 radical (unpaired) electrons. The Hall–Kier alpha value is -2.47. The molecule has 2 aromatic carbocycles. The van der Waals surface area contributed by atoms with Gasteiger partial charge in [0.05, 0.1) is 17.4 Å². The second kappa shape index (κ2) is 7.87. The van der Waals surface area contributed by atoms with E-state index in [4.69, 9.17) is 0 Å². The average molecular weight is 439 g/mol. The quantitative estimate of drug-likeness (QED) is 0.602. The van der Waals surface area contributed by atoms with Crippen molar-refractivity contribution < 1.29 is 4.79 Å². The highest BCUT2D eigenvalue weighted by atomic mass is 79.9. The van der Waals surface area contributed by atoms with Crippen LogP contribution in [0.15, 0.2) is 46.9 Å². The number of nitrogens with zero attached hydrogens (tertiary/aromatic N) is 3. The lowest BCUT2D eigenvalue weighted by atomic mass is 9.96. The lowest BCUT2D eigenvalue weighted by Gasteiger charge is -2.21. The molecule has 0 fully saturated rings. The van der Waals surface area contributed by atoms with E-state index in [1.54, 1.807) is 0 Å². The number of fused-ring (bicyclic) bond motifs is 3. The van der Waals surface area contributed by atoms with Crippen LogP contribution >= 0.6 is 15.9 Å². The van der Waals surface area contributed by atoms with E-state index in [1.165, 1.54) is 5.56 Å². The van der Waals surface area contributed by atoms with Gasteiger partial charge in [-0.1, -0.05) is 46.3 Å². The maximum absolute atomic E-state index is 11.8. The lowest BCUT2D eigenvalue weighted by molar-refractivity contribution is -0.118. The standard InChI is InChI=1S/C22H23BrN4O/c1-3-18(28)12-15-5-4-6-17(11-15)24-21-9-10-27-22(14(2)25-26-27)19-8-7-16(23)13-20(19)21/h4-8,11,13,21,24H,3,9-10,12H2,1-2H3. The maximum Gasteiger partial charge on any atom is 0.136 e. The lowest BCUT2D eigenvalue weighted by Crippen LogP contribution is -2.13. The van der Waals surface area contributed by atoms with Crippen molar-refractivity contribution in [3.05, 3.63) is 63.8 Å². The molecule has 5 nitrogen and oxygen atoms in total. The van der Waals surface area contributed by atoms with Crippen molar-refractivity contribution in [1.29, 1.82) is 0 Å². The summed E-state index contributed by atoms with van der Waals surface area (Å²) in [5.74, 6) is 0.259. The van der Waals surface area contributed by atoms with E-state index >= 15 is 0 Å². The van der Waals surface area contributed by atoms with Gasteiger partial charge in [0.1, 0.15) is 5.78 Å². The normalized spacial score (nSPS) is 15.5. The van der Waals surface area contributed by atoms with E-state index in [2.05, 4.69) is 61.9 Å². The van der Waals surface area contributed by atoms with Crippen LogP contribution in [0.5, 0.6) is 0 Å². The molecule has 3 aromatic rings. The first-order valence-electron chi connectivity index (χ1n) is 9.62. The Morgan fingerprint density at radius 2 is 2.14 bits per heavy atom. The van der Waals surface area contributed by atoms with Gasteiger partial charge in [-0.2, -0.15) is 0 Å². The molecular formula is C22H23BrN4O. The van der Waals surface area contributed by atoms with Crippen LogP contribution in [0.4, 0.5) is 5.69 Å². The number of rotatable bonds is 5. The van der Waals surface area contributed by atoms with E-state index in [0.29, 0.717) is 12.8 Å². The molecule has 0 spiro atoms. The molecule has 28 heavy (non-hydrogen) atoms. The summed E-state index contributed by atoms with van der Waals surface area (Å²) in [7, 11) is 0. The fourth-order valence-electron chi connectivity index (χ4n) is 3.81. The van der Waals surface area contributed by atoms with Gasteiger partial charge in [0.15, 0.2) is 0 Å². The van der Waals surface area contributed by atoms with Gasteiger partial charge < -0.3 is 5.32 Å². The third kappa shape index (κ3) is 3.74. The zero-order chi connectivity index (χ0) is 19.7. The summed E-state index contributed by atoms with van der Waals surface area (Å²) >= 11 is 3.62.